The average molecular weight is 491 g/mol. The standard InChI is InChI=1S/C31H38O5/c1-5-35-30(32)9-7-21-6-8-28(36-19-33-3)26(14-21)25-15-27(29(34-4)10-20(25)2)31-16-22-11-23(17-31)13-24(12-22)18-31/h6-10,14-15,22-24H,5,11-13,16-19H2,1-4H3. The van der Waals surface area contributed by atoms with Crippen molar-refractivity contribution in [2.75, 3.05) is 27.6 Å². The third-order valence-electron chi connectivity index (χ3n) is 8.48. The van der Waals surface area contributed by atoms with E-state index < -0.39 is 0 Å². The minimum absolute atomic E-state index is 0.169. The highest BCUT2D eigenvalue weighted by Crippen LogP contribution is 2.62. The van der Waals surface area contributed by atoms with Crippen LogP contribution in [-0.4, -0.2) is 33.6 Å². The van der Waals surface area contributed by atoms with Crippen molar-refractivity contribution in [3.63, 3.8) is 0 Å². The molecule has 0 radical (unpaired) electrons. The molecule has 5 heteroatoms. The second-order valence-corrected chi connectivity index (χ2v) is 11.0. The summed E-state index contributed by atoms with van der Waals surface area (Å²) in [6.07, 6.45) is 11.3. The average Bonchev–Trinajstić information content (AvgIpc) is 2.85. The molecule has 4 bridgehead atoms. The Morgan fingerprint density at radius 2 is 1.67 bits per heavy atom. The SMILES string of the molecule is CCOC(=O)C=Cc1ccc(OCOC)c(-c2cc(C34CC5CC(CC(C5)C3)C4)c(OC)cc2C)c1. The van der Waals surface area contributed by atoms with Gasteiger partial charge in [0.1, 0.15) is 11.5 Å². The third-order valence-corrected chi connectivity index (χ3v) is 8.48. The first-order valence-corrected chi connectivity index (χ1v) is 13.2. The highest BCUT2D eigenvalue weighted by atomic mass is 16.7. The van der Waals surface area contributed by atoms with Crippen molar-refractivity contribution in [1.82, 2.24) is 0 Å². The van der Waals surface area contributed by atoms with Crippen molar-refractivity contribution in [3.8, 4) is 22.6 Å². The van der Waals surface area contributed by atoms with Crippen molar-refractivity contribution < 1.29 is 23.7 Å². The maximum Gasteiger partial charge on any atom is 0.330 e. The number of methoxy groups -OCH3 is 2. The number of carbonyl (C=O) groups is 1. The van der Waals surface area contributed by atoms with Gasteiger partial charge in [-0.15, -0.1) is 0 Å². The molecule has 192 valence electrons. The van der Waals surface area contributed by atoms with Crippen molar-refractivity contribution >= 4 is 12.0 Å². The minimum atomic E-state index is -0.344. The van der Waals surface area contributed by atoms with E-state index in [1.54, 1.807) is 27.2 Å². The van der Waals surface area contributed by atoms with E-state index in [1.807, 2.05) is 12.1 Å². The van der Waals surface area contributed by atoms with Crippen LogP contribution in [0.25, 0.3) is 17.2 Å². The van der Waals surface area contributed by atoms with E-state index in [4.69, 9.17) is 18.9 Å². The monoisotopic (exact) mass is 490 g/mol. The number of rotatable bonds is 9. The quantitative estimate of drug-likeness (QED) is 0.222. The zero-order valence-electron chi connectivity index (χ0n) is 22.0. The smallest absolute Gasteiger partial charge is 0.330 e. The number of aryl methyl sites for hydroxylation is 1. The first-order valence-electron chi connectivity index (χ1n) is 13.2. The summed E-state index contributed by atoms with van der Waals surface area (Å²) < 4.78 is 22.3. The molecule has 6 rings (SSSR count). The molecular formula is C31H38O5. The van der Waals surface area contributed by atoms with Gasteiger partial charge in [-0.1, -0.05) is 6.07 Å². The van der Waals surface area contributed by atoms with Gasteiger partial charge >= 0.3 is 5.97 Å². The molecule has 0 heterocycles. The van der Waals surface area contributed by atoms with Crippen LogP contribution in [0.15, 0.2) is 36.4 Å². The van der Waals surface area contributed by atoms with Gasteiger partial charge in [0.2, 0.25) is 0 Å². The second kappa shape index (κ2) is 10.3. The first-order chi connectivity index (χ1) is 17.4. The van der Waals surface area contributed by atoms with Crippen LogP contribution in [0.3, 0.4) is 0 Å². The van der Waals surface area contributed by atoms with Crippen LogP contribution in [0, 0.1) is 24.7 Å². The van der Waals surface area contributed by atoms with Crippen molar-refractivity contribution in [2.24, 2.45) is 17.8 Å². The Morgan fingerprint density at radius 1 is 0.972 bits per heavy atom. The lowest BCUT2D eigenvalue weighted by Crippen LogP contribution is -2.48. The molecule has 0 N–H and O–H groups in total. The van der Waals surface area contributed by atoms with Crippen LogP contribution in [0.1, 0.15) is 62.1 Å². The van der Waals surface area contributed by atoms with E-state index in [2.05, 4.69) is 25.1 Å². The third kappa shape index (κ3) is 4.78. The number of esters is 1. The van der Waals surface area contributed by atoms with Gasteiger partial charge in [0.15, 0.2) is 6.79 Å². The Morgan fingerprint density at radius 3 is 2.28 bits per heavy atom. The Hall–Kier alpha value is -2.79. The molecule has 0 unspecified atom stereocenters. The molecule has 0 spiro atoms. The normalized spacial score (nSPS) is 26.4. The van der Waals surface area contributed by atoms with Crippen LogP contribution < -0.4 is 9.47 Å². The summed E-state index contributed by atoms with van der Waals surface area (Å²) in [5.41, 5.74) is 5.74. The molecular weight excluding hydrogens is 452 g/mol. The summed E-state index contributed by atoms with van der Waals surface area (Å²) in [6.45, 7) is 4.46. The van der Waals surface area contributed by atoms with Gasteiger partial charge in [-0.3, -0.25) is 0 Å². The van der Waals surface area contributed by atoms with Crippen LogP contribution in [0.2, 0.25) is 0 Å². The van der Waals surface area contributed by atoms with Gasteiger partial charge in [-0.05, 0) is 123 Å². The van der Waals surface area contributed by atoms with E-state index in [0.29, 0.717) is 6.61 Å². The predicted octanol–water partition coefficient (Wildman–Crippen LogP) is 6.70. The van der Waals surface area contributed by atoms with Crippen molar-refractivity contribution in [1.29, 1.82) is 0 Å². The summed E-state index contributed by atoms with van der Waals surface area (Å²) in [4.78, 5) is 11.9. The van der Waals surface area contributed by atoms with Crippen LogP contribution in [-0.2, 0) is 19.7 Å². The number of ether oxygens (including phenoxy) is 4. The Balaban J connectivity index is 1.59. The van der Waals surface area contributed by atoms with E-state index in [9.17, 15) is 4.79 Å². The van der Waals surface area contributed by atoms with Crippen LogP contribution in [0.4, 0.5) is 0 Å². The lowest BCUT2D eigenvalue weighted by Gasteiger charge is -2.57. The molecule has 2 aromatic rings. The number of carbonyl (C=O) groups excluding carboxylic acids is 1. The van der Waals surface area contributed by atoms with Crippen molar-refractivity contribution in [3.05, 3.63) is 53.1 Å². The molecule has 2 aromatic carbocycles. The molecule has 0 aromatic heterocycles. The summed E-state index contributed by atoms with van der Waals surface area (Å²) in [7, 11) is 3.42. The fraction of sp³-hybridized carbons (Fsp3) is 0.516. The minimum Gasteiger partial charge on any atom is -0.496 e. The molecule has 4 aliphatic carbocycles. The molecule has 0 amide bonds. The molecule has 0 saturated heterocycles. The van der Waals surface area contributed by atoms with E-state index >= 15 is 0 Å². The highest BCUT2D eigenvalue weighted by Gasteiger charge is 2.52. The van der Waals surface area contributed by atoms with E-state index in [0.717, 1.165) is 51.5 Å². The Bertz CT molecular complexity index is 1110. The Labute approximate surface area is 214 Å². The maximum absolute atomic E-state index is 11.9. The second-order valence-electron chi connectivity index (χ2n) is 11.0. The number of hydrogen-bond donors (Lipinski definition) is 0. The van der Waals surface area contributed by atoms with Gasteiger partial charge in [-0.25, -0.2) is 4.79 Å². The Kier molecular flexibility index (Phi) is 7.11. The van der Waals surface area contributed by atoms with Crippen molar-refractivity contribution in [2.45, 2.75) is 57.8 Å². The molecule has 4 saturated carbocycles. The molecule has 5 nitrogen and oxygen atoms in total. The number of benzene rings is 2. The highest BCUT2D eigenvalue weighted by molar-refractivity contribution is 5.88. The summed E-state index contributed by atoms with van der Waals surface area (Å²) in [5.74, 6) is 3.97. The van der Waals surface area contributed by atoms with Gasteiger partial charge in [0.05, 0.1) is 13.7 Å². The fourth-order valence-corrected chi connectivity index (χ4v) is 7.46. The lowest BCUT2D eigenvalue weighted by molar-refractivity contribution is -0.137. The van der Waals surface area contributed by atoms with Crippen LogP contribution >= 0.6 is 0 Å². The molecule has 4 fully saturated rings. The van der Waals surface area contributed by atoms with Gasteiger partial charge in [0.25, 0.3) is 0 Å². The predicted molar refractivity (Wildman–Crippen MR) is 141 cm³/mol. The first kappa shape index (κ1) is 24.9. The largest absolute Gasteiger partial charge is 0.496 e. The molecule has 0 aliphatic heterocycles. The van der Waals surface area contributed by atoms with Gasteiger partial charge in [0, 0.05) is 24.3 Å². The zero-order valence-corrected chi connectivity index (χ0v) is 22.0. The van der Waals surface area contributed by atoms with E-state index in [-0.39, 0.29) is 18.2 Å². The summed E-state index contributed by atoms with van der Waals surface area (Å²) >= 11 is 0. The maximum atomic E-state index is 11.9. The van der Waals surface area contributed by atoms with E-state index in [1.165, 1.54) is 50.2 Å². The molecule has 0 atom stereocenters. The zero-order chi connectivity index (χ0) is 25.3. The molecule has 36 heavy (non-hydrogen) atoms. The summed E-state index contributed by atoms with van der Waals surface area (Å²) in [6, 6.07) is 10.6. The van der Waals surface area contributed by atoms with Gasteiger partial charge < -0.3 is 18.9 Å². The van der Waals surface area contributed by atoms with Gasteiger partial charge in [-0.2, -0.15) is 0 Å². The summed E-state index contributed by atoms with van der Waals surface area (Å²) in [5, 5.41) is 0. The number of hydrogen-bond acceptors (Lipinski definition) is 5. The van der Waals surface area contributed by atoms with Crippen LogP contribution in [0.5, 0.6) is 11.5 Å². The topological polar surface area (TPSA) is 54.0 Å². The lowest BCUT2D eigenvalue weighted by atomic mass is 9.48. The molecule has 4 aliphatic rings. The fourth-order valence-electron chi connectivity index (χ4n) is 7.46.